The Hall–Kier alpha value is -3.00. The van der Waals surface area contributed by atoms with Crippen molar-refractivity contribution in [3.63, 3.8) is 0 Å². The minimum Gasteiger partial charge on any atom is -0.493 e. The largest absolute Gasteiger partial charge is 0.493 e. The van der Waals surface area contributed by atoms with Crippen LogP contribution in [0.25, 0.3) is 0 Å². The summed E-state index contributed by atoms with van der Waals surface area (Å²) in [5.41, 5.74) is 2.25. The number of benzene rings is 2. The molecular weight excluding hydrogens is 463 g/mol. The van der Waals surface area contributed by atoms with E-state index in [0.29, 0.717) is 30.9 Å². The summed E-state index contributed by atoms with van der Waals surface area (Å²) in [5, 5.41) is 2.00. The summed E-state index contributed by atoms with van der Waals surface area (Å²) in [7, 11) is 3.20. The number of carbonyl (C=O) groups is 1. The Kier molecular flexibility index (Phi) is 5.80. The highest BCUT2D eigenvalue weighted by molar-refractivity contribution is 7.10. The molecule has 2 aromatic carbocycles. The molecular formula is C26H24F3NO3S. The molecule has 0 unspecified atom stereocenters. The lowest BCUT2D eigenvalue weighted by Crippen LogP contribution is -2.41. The highest BCUT2D eigenvalue weighted by Gasteiger charge is 2.48. The van der Waals surface area contributed by atoms with E-state index >= 15 is 0 Å². The molecule has 2 heterocycles. The van der Waals surface area contributed by atoms with Crippen LogP contribution in [0.4, 0.5) is 13.2 Å². The first-order valence-electron chi connectivity index (χ1n) is 11.1. The van der Waals surface area contributed by atoms with Crippen LogP contribution in [-0.4, -0.2) is 31.6 Å². The van der Waals surface area contributed by atoms with Gasteiger partial charge in [0.05, 0.1) is 25.8 Å². The van der Waals surface area contributed by atoms with Gasteiger partial charge in [-0.25, -0.2) is 0 Å². The van der Waals surface area contributed by atoms with E-state index in [1.54, 1.807) is 25.6 Å². The lowest BCUT2D eigenvalue weighted by atomic mass is 9.90. The first-order chi connectivity index (χ1) is 16.3. The maximum atomic E-state index is 13.7. The lowest BCUT2D eigenvalue weighted by Gasteiger charge is -2.37. The van der Waals surface area contributed by atoms with E-state index < -0.39 is 11.7 Å². The molecule has 0 bridgehead atoms. The third-order valence-electron chi connectivity index (χ3n) is 6.74. The number of hydrogen-bond donors (Lipinski definition) is 0. The molecule has 5 rings (SSSR count). The van der Waals surface area contributed by atoms with E-state index in [1.807, 2.05) is 34.5 Å². The summed E-state index contributed by atoms with van der Waals surface area (Å²) in [6.45, 7) is 0.570. The number of thiophene rings is 1. The van der Waals surface area contributed by atoms with Crippen molar-refractivity contribution in [2.24, 2.45) is 5.92 Å². The molecule has 0 N–H and O–H groups in total. The minimum absolute atomic E-state index is 0.0451. The van der Waals surface area contributed by atoms with Crippen molar-refractivity contribution in [1.82, 2.24) is 4.90 Å². The Morgan fingerprint density at radius 1 is 1.06 bits per heavy atom. The Balaban J connectivity index is 1.43. The number of ether oxygens (including phenoxy) is 2. The van der Waals surface area contributed by atoms with Gasteiger partial charge in [0, 0.05) is 17.3 Å². The molecule has 1 aliphatic heterocycles. The van der Waals surface area contributed by atoms with Crippen LogP contribution in [0, 0.1) is 5.92 Å². The van der Waals surface area contributed by atoms with E-state index in [4.69, 9.17) is 9.47 Å². The molecule has 8 heteroatoms. The summed E-state index contributed by atoms with van der Waals surface area (Å²) in [6.07, 6.45) is -3.02. The summed E-state index contributed by atoms with van der Waals surface area (Å²) >= 11 is 1.60. The van der Waals surface area contributed by atoms with Gasteiger partial charge in [-0.2, -0.15) is 13.2 Å². The fraction of sp³-hybridized carbons (Fsp3) is 0.346. The molecule has 3 aromatic rings. The smallest absolute Gasteiger partial charge is 0.416 e. The quantitative estimate of drug-likeness (QED) is 0.439. The number of hydrogen-bond acceptors (Lipinski definition) is 4. The van der Waals surface area contributed by atoms with Crippen LogP contribution >= 0.6 is 11.3 Å². The number of rotatable bonds is 5. The normalized spacial score (nSPS) is 21.7. The van der Waals surface area contributed by atoms with Crippen LogP contribution in [0.15, 0.2) is 53.9 Å². The fourth-order valence-corrected chi connectivity index (χ4v) is 5.76. The molecule has 34 heavy (non-hydrogen) atoms. The Morgan fingerprint density at radius 3 is 2.38 bits per heavy atom. The Bertz CT molecular complexity index is 1190. The maximum Gasteiger partial charge on any atom is 0.416 e. The summed E-state index contributed by atoms with van der Waals surface area (Å²) in [5.74, 6) is 1.05. The van der Waals surface area contributed by atoms with Crippen molar-refractivity contribution in [2.45, 2.75) is 31.0 Å². The van der Waals surface area contributed by atoms with Crippen LogP contribution < -0.4 is 9.47 Å². The van der Waals surface area contributed by atoms with E-state index in [0.717, 1.165) is 33.7 Å². The van der Waals surface area contributed by atoms with Crippen LogP contribution in [0.1, 0.15) is 45.5 Å². The van der Waals surface area contributed by atoms with Crippen LogP contribution in [0.3, 0.4) is 0 Å². The van der Waals surface area contributed by atoms with E-state index in [2.05, 4.69) is 0 Å². The second kappa shape index (κ2) is 8.65. The molecule has 1 amide bonds. The number of carbonyl (C=O) groups excluding carboxylic acids is 1. The molecule has 1 saturated carbocycles. The predicted octanol–water partition coefficient (Wildman–Crippen LogP) is 6.06. The minimum atomic E-state index is -4.36. The average Bonchev–Trinajstić information content (AvgIpc) is 3.46. The van der Waals surface area contributed by atoms with Gasteiger partial charge < -0.3 is 14.4 Å². The maximum absolute atomic E-state index is 13.7. The second-order valence-electron chi connectivity index (χ2n) is 8.67. The summed E-state index contributed by atoms with van der Waals surface area (Å²) in [6, 6.07) is 12.9. The van der Waals surface area contributed by atoms with Crippen molar-refractivity contribution in [3.05, 3.63) is 81.0 Å². The van der Waals surface area contributed by atoms with Gasteiger partial charge >= 0.3 is 6.18 Å². The number of fused-ring (bicyclic) bond motifs is 1. The van der Waals surface area contributed by atoms with Crippen molar-refractivity contribution >= 4 is 17.2 Å². The Labute approximate surface area is 199 Å². The highest BCUT2D eigenvalue weighted by Crippen LogP contribution is 2.51. The molecule has 178 valence electrons. The molecule has 0 spiro atoms. The molecule has 2 aliphatic rings. The topological polar surface area (TPSA) is 38.8 Å². The summed E-state index contributed by atoms with van der Waals surface area (Å²) in [4.78, 5) is 16.6. The van der Waals surface area contributed by atoms with Crippen molar-refractivity contribution in [3.8, 4) is 11.5 Å². The van der Waals surface area contributed by atoms with Gasteiger partial charge in [0.15, 0.2) is 11.5 Å². The molecule has 1 aliphatic carbocycles. The van der Waals surface area contributed by atoms with E-state index in [1.165, 1.54) is 12.1 Å². The Morgan fingerprint density at radius 2 is 1.76 bits per heavy atom. The van der Waals surface area contributed by atoms with Gasteiger partial charge in [-0.15, -0.1) is 11.3 Å². The van der Waals surface area contributed by atoms with E-state index in [9.17, 15) is 18.0 Å². The lowest BCUT2D eigenvalue weighted by molar-refractivity contribution is -0.137. The zero-order valence-corrected chi connectivity index (χ0v) is 19.6. The average molecular weight is 488 g/mol. The third-order valence-corrected chi connectivity index (χ3v) is 7.67. The number of methoxy groups -OCH3 is 2. The standard InChI is InChI=1S/C26H24F3NO3S/c1-32-21-12-16-9-10-30(24(23-4-3-11-34-23)19(16)14-22(21)33-2)25(31)20-13-18(20)15-5-7-17(8-6-15)26(27,28)29/h3-8,11-12,14,18,20,24H,9-10,13H2,1-2H3/t18-,20+,24+/m0/s1. The monoisotopic (exact) mass is 487 g/mol. The van der Waals surface area contributed by atoms with E-state index in [-0.39, 0.29) is 23.8 Å². The fourth-order valence-electron chi connectivity index (χ4n) is 4.91. The summed E-state index contributed by atoms with van der Waals surface area (Å²) < 4.78 is 49.7. The van der Waals surface area contributed by atoms with Gasteiger partial charge in [-0.1, -0.05) is 18.2 Å². The van der Waals surface area contributed by atoms with Crippen LogP contribution in [0.5, 0.6) is 11.5 Å². The molecule has 0 radical (unpaired) electrons. The number of amides is 1. The number of alkyl halides is 3. The van der Waals surface area contributed by atoms with Crippen molar-refractivity contribution in [1.29, 1.82) is 0 Å². The van der Waals surface area contributed by atoms with Crippen LogP contribution in [-0.2, 0) is 17.4 Å². The first-order valence-corrected chi connectivity index (χ1v) is 12.0. The zero-order chi connectivity index (χ0) is 24.0. The third kappa shape index (κ3) is 4.04. The van der Waals surface area contributed by atoms with Crippen LogP contribution in [0.2, 0.25) is 0 Å². The SMILES string of the molecule is COc1cc2c(cc1OC)[C@H](c1cccs1)N(C(=O)[C@@H]1C[C@H]1c1ccc(C(F)(F)F)cc1)CC2. The van der Waals surface area contributed by atoms with Crippen molar-refractivity contribution < 1.29 is 27.4 Å². The van der Waals surface area contributed by atoms with Gasteiger partial charge in [0.25, 0.3) is 0 Å². The highest BCUT2D eigenvalue weighted by atomic mass is 32.1. The molecule has 3 atom stereocenters. The molecule has 1 fully saturated rings. The first kappa shape index (κ1) is 22.8. The van der Waals surface area contributed by atoms with Gasteiger partial charge in [-0.05, 0) is 71.2 Å². The van der Waals surface area contributed by atoms with Gasteiger partial charge in [0.2, 0.25) is 5.91 Å². The zero-order valence-electron chi connectivity index (χ0n) is 18.8. The van der Waals surface area contributed by atoms with Gasteiger partial charge in [-0.3, -0.25) is 4.79 Å². The molecule has 0 saturated heterocycles. The molecule has 4 nitrogen and oxygen atoms in total. The van der Waals surface area contributed by atoms with Gasteiger partial charge in [0.1, 0.15) is 0 Å². The second-order valence-corrected chi connectivity index (χ2v) is 9.65. The predicted molar refractivity (Wildman–Crippen MR) is 123 cm³/mol. The number of halogens is 3. The molecule has 1 aromatic heterocycles. The number of nitrogens with zero attached hydrogens (tertiary/aromatic N) is 1. The van der Waals surface area contributed by atoms with Crippen molar-refractivity contribution in [2.75, 3.05) is 20.8 Å².